The van der Waals surface area contributed by atoms with E-state index in [0.29, 0.717) is 0 Å². The van der Waals surface area contributed by atoms with Crippen LogP contribution >= 0.6 is 0 Å². The second-order valence-corrected chi connectivity index (χ2v) is 5.71. The molecule has 0 radical (unpaired) electrons. The van der Waals surface area contributed by atoms with Gasteiger partial charge in [0.05, 0.1) is 5.75 Å². The van der Waals surface area contributed by atoms with Crippen molar-refractivity contribution < 1.29 is 12.8 Å². The number of nitrogens with zero attached hydrogens (tertiary/aromatic N) is 1. The monoisotopic (exact) mass is 269 g/mol. The van der Waals surface area contributed by atoms with Gasteiger partial charge in [0.15, 0.2) is 0 Å². The molecule has 0 bridgehead atoms. The SMILES string of the molecule is C=CCN(CC=C)S(=O)(=O)Cc1ccccc1F. The molecular formula is C13H16FNO2S. The number of hydrogen-bond donors (Lipinski definition) is 0. The maximum Gasteiger partial charge on any atom is 0.218 e. The third kappa shape index (κ3) is 3.78. The van der Waals surface area contributed by atoms with Crippen LogP contribution < -0.4 is 0 Å². The van der Waals surface area contributed by atoms with Crippen molar-refractivity contribution in [2.45, 2.75) is 5.75 Å². The molecule has 5 heteroatoms. The number of halogens is 1. The highest BCUT2D eigenvalue weighted by molar-refractivity contribution is 7.88. The van der Waals surface area contributed by atoms with Crippen molar-refractivity contribution in [1.29, 1.82) is 0 Å². The maximum atomic E-state index is 13.4. The standard InChI is InChI=1S/C13H16FNO2S/c1-3-9-15(10-4-2)18(16,17)11-12-7-5-6-8-13(12)14/h3-8H,1-2,9-11H2. The van der Waals surface area contributed by atoms with Crippen molar-refractivity contribution in [2.24, 2.45) is 0 Å². The van der Waals surface area contributed by atoms with E-state index in [4.69, 9.17) is 0 Å². The van der Waals surface area contributed by atoms with Crippen LogP contribution in [0, 0.1) is 5.82 Å². The van der Waals surface area contributed by atoms with Crippen molar-refractivity contribution in [3.05, 3.63) is 61.0 Å². The molecule has 3 nitrogen and oxygen atoms in total. The minimum atomic E-state index is -3.57. The lowest BCUT2D eigenvalue weighted by Crippen LogP contribution is -2.32. The van der Waals surface area contributed by atoms with Crippen LogP contribution in [0.5, 0.6) is 0 Å². The minimum absolute atomic E-state index is 0.163. The topological polar surface area (TPSA) is 37.4 Å². The van der Waals surface area contributed by atoms with Gasteiger partial charge in [-0.15, -0.1) is 13.2 Å². The number of hydrogen-bond acceptors (Lipinski definition) is 2. The Balaban J connectivity index is 2.95. The van der Waals surface area contributed by atoms with Gasteiger partial charge in [-0.05, 0) is 6.07 Å². The van der Waals surface area contributed by atoms with Crippen LogP contribution in [0.25, 0.3) is 0 Å². The molecule has 0 aromatic heterocycles. The van der Waals surface area contributed by atoms with Gasteiger partial charge in [0.25, 0.3) is 0 Å². The van der Waals surface area contributed by atoms with Gasteiger partial charge in [0.1, 0.15) is 5.82 Å². The molecule has 1 rings (SSSR count). The third-order valence-electron chi connectivity index (χ3n) is 2.35. The fourth-order valence-electron chi connectivity index (χ4n) is 1.49. The van der Waals surface area contributed by atoms with E-state index in [1.54, 1.807) is 6.07 Å². The van der Waals surface area contributed by atoms with Crippen molar-refractivity contribution in [3.63, 3.8) is 0 Å². The molecule has 18 heavy (non-hydrogen) atoms. The Hall–Kier alpha value is -1.46. The highest BCUT2D eigenvalue weighted by Gasteiger charge is 2.21. The number of rotatable bonds is 7. The van der Waals surface area contributed by atoms with Crippen LogP contribution in [0.4, 0.5) is 4.39 Å². The Bertz CT molecular complexity index is 516. The maximum absolute atomic E-state index is 13.4. The van der Waals surface area contributed by atoms with Crippen LogP contribution in [0.1, 0.15) is 5.56 Å². The molecule has 1 aromatic carbocycles. The molecule has 0 aliphatic rings. The minimum Gasteiger partial charge on any atom is -0.212 e. The summed E-state index contributed by atoms with van der Waals surface area (Å²) in [6, 6.07) is 5.85. The van der Waals surface area contributed by atoms with E-state index in [2.05, 4.69) is 13.2 Å². The molecule has 0 fully saturated rings. The van der Waals surface area contributed by atoms with Gasteiger partial charge in [0, 0.05) is 18.7 Å². The Morgan fingerprint density at radius 3 is 2.22 bits per heavy atom. The molecule has 98 valence electrons. The molecular weight excluding hydrogens is 253 g/mol. The molecule has 0 spiro atoms. The van der Waals surface area contributed by atoms with Crippen LogP contribution in [-0.4, -0.2) is 25.8 Å². The van der Waals surface area contributed by atoms with Crippen LogP contribution in [-0.2, 0) is 15.8 Å². The predicted molar refractivity (Wildman–Crippen MR) is 71.0 cm³/mol. The molecule has 0 aliphatic carbocycles. The molecule has 0 atom stereocenters. The summed E-state index contributed by atoms with van der Waals surface area (Å²) in [5, 5.41) is 0. The molecule has 0 unspecified atom stereocenters. The fourth-order valence-corrected chi connectivity index (χ4v) is 2.97. The molecule has 0 heterocycles. The van der Waals surface area contributed by atoms with Crippen molar-refractivity contribution in [3.8, 4) is 0 Å². The fraction of sp³-hybridized carbons (Fsp3) is 0.231. The van der Waals surface area contributed by atoms with Gasteiger partial charge in [-0.1, -0.05) is 30.4 Å². The van der Waals surface area contributed by atoms with E-state index < -0.39 is 15.8 Å². The smallest absolute Gasteiger partial charge is 0.212 e. The van der Waals surface area contributed by atoms with E-state index in [1.807, 2.05) is 0 Å². The summed E-state index contributed by atoms with van der Waals surface area (Å²) in [5.41, 5.74) is 0.163. The summed E-state index contributed by atoms with van der Waals surface area (Å²) >= 11 is 0. The second-order valence-electron chi connectivity index (χ2n) is 3.74. The summed E-state index contributed by atoms with van der Waals surface area (Å²) in [6.07, 6.45) is 2.98. The lowest BCUT2D eigenvalue weighted by Gasteiger charge is -2.19. The lowest BCUT2D eigenvalue weighted by atomic mass is 10.2. The first-order chi connectivity index (χ1) is 8.51. The van der Waals surface area contributed by atoms with Gasteiger partial charge < -0.3 is 0 Å². The third-order valence-corrected chi connectivity index (χ3v) is 4.12. The molecule has 0 saturated carbocycles. The van der Waals surface area contributed by atoms with E-state index in [9.17, 15) is 12.8 Å². The highest BCUT2D eigenvalue weighted by atomic mass is 32.2. The Morgan fingerprint density at radius 1 is 1.17 bits per heavy atom. The van der Waals surface area contributed by atoms with Crippen molar-refractivity contribution in [2.75, 3.05) is 13.1 Å². The number of benzene rings is 1. The Morgan fingerprint density at radius 2 is 1.72 bits per heavy atom. The summed E-state index contributed by atoms with van der Waals surface area (Å²) in [7, 11) is -3.57. The summed E-state index contributed by atoms with van der Waals surface area (Å²) in [6.45, 7) is 7.38. The molecule has 0 saturated heterocycles. The molecule has 1 aromatic rings. The summed E-state index contributed by atoms with van der Waals surface area (Å²) < 4.78 is 38.8. The second kappa shape index (κ2) is 6.47. The van der Waals surface area contributed by atoms with E-state index in [1.165, 1.54) is 34.7 Å². The Labute approximate surface area is 107 Å². The van der Waals surface area contributed by atoms with Gasteiger partial charge in [0.2, 0.25) is 10.0 Å². The molecule has 0 N–H and O–H groups in total. The zero-order chi connectivity index (χ0) is 13.6. The van der Waals surface area contributed by atoms with Crippen LogP contribution in [0.2, 0.25) is 0 Å². The van der Waals surface area contributed by atoms with Crippen LogP contribution in [0.15, 0.2) is 49.6 Å². The first kappa shape index (κ1) is 14.6. The van der Waals surface area contributed by atoms with Gasteiger partial charge >= 0.3 is 0 Å². The lowest BCUT2D eigenvalue weighted by molar-refractivity contribution is 0.472. The largest absolute Gasteiger partial charge is 0.218 e. The van der Waals surface area contributed by atoms with E-state index >= 15 is 0 Å². The predicted octanol–water partition coefficient (Wildman–Crippen LogP) is 2.33. The average Bonchev–Trinajstić information content (AvgIpc) is 2.32. The molecule has 0 aliphatic heterocycles. The first-order valence-electron chi connectivity index (χ1n) is 5.44. The summed E-state index contributed by atoms with van der Waals surface area (Å²) in [5.74, 6) is -0.875. The zero-order valence-electron chi connectivity index (χ0n) is 10.0. The van der Waals surface area contributed by atoms with Crippen LogP contribution in [0.3, 0.4) is 0 Å². The summed E-state index contributed by atoms with van der Waals surface area (Å²) in [4.78, 5) is 0. The quantitative estimate of drug-likeness (QED) is 0.712. The Kier molecular flexibility index (Phi) is 5.25. The number of sulfonamides is 1. The average molecular weight is 269 g/mol. The van der Waals surface area contributed by atoms with Gasteiger partial charge in [-0.3, -0.25) is 0 Å². The highest BCUT2D eigenvalue weighted by Crippen LogP contribution is 2.14. The van der Waals surface area contributed by atoms with E-state index in [0.717, 1.165) is 0 Å². The normalized spacial score (nSPS) is 11.4. The van der Waals surface area contributed by atoms with Crippen molar-refractivity contribution in [1.82, 2.24) is 4.31 Å². The molecule has 0 amide bonds. The zero-order valence-corrected chi connectivity index (χ0v) is 10.9. The van der Waals surface area contributed by atoms with Gasteiger partial charge in [-0.2, -0.15) is 4.31 Å². The van der Waals surface area contributed by atoms with Gasteiger partial charge in [-0.25, -0.2) is 12.8 Å². The van der Waals surface area contributed by atoms with E-state index in [-0.39, 0.29) is 24.4 Å². The van der Waals surface area contributed by atoms with Crippen molar-refractivity contribution >= 4 is 10.0 Å². The first-order valence-corrected chi connectivity index (χ1v) is 7.05.